The van der Waals surface area contributed by atoms with E-state index < -0.39 is 20.0 Å². The highest BCUT2D eigenvalue weighted by atomic mass is 32.2. The molecular weight excluding hydrogens is 324 g/mol. The highest BCUT2D eigenvalue weighted by molar-refractivity contribution is 7.89. The summed E-state index contributed by atoms with van der Waals surface area (Å²) in [6, 6.07) is 6.71. The number of aryl methyl sites for hydroxylation is 1. The van der Waals surface area contributed by atoms with Crippen LogP contribution < -0.4 is 0 Å². The quantitative estimate of drug-likeness (QED) is 0.816. The first-order chi connectivity index (χ1) is 10.3. The van der Waals surface area contributed by atoms with Gasteiger partial charge in [0.25, 0.3) is 0 Å². The van der Waals surface area contributed by atoms with Gasteiger partial charge in [-0.15, -0.1) is 0 Å². The van der Waals surface area contributed by atoms with Gasteiger partial charge < -0.3 is 0 Å². The lowest BCUT2D eigenvalue weighted by Gasteiger charge is -2.21. The van der Waals surface area contributed by atoms with Crippen LogP contribution in [0, 0.1) is 6.92 Å². The zero-order valence-corrected chi connectivity index (χ0v) is 14.5. The lowest BCUT2D eigenvalue weighted by Crippen LogP contribution is -2.37. The van der Waals surface area contributed by atoms with Crippen molar-refractivity contribution in [3.05, 3.63) is 29.8 Å². The monoisotopic (exact) mass is 346 g/mol. The van der Waals surface area contributed by atoms with Gasteiger partial charge >= 0.3 is 0 Å². The maximum absolute atomic E-state index is 12.6. The molecule has 0 atom stereocenters. The van der Waals surface area contributed by atoms with E-state index in [9.17, 15) is 16.8 Å². The molecule has 1 aliphatic rings. The Bertz CT molecular complexity index is 712. The Labute approximate surface area is 132 Å². The van der Waals surface area contributed by atoms with Crippen molar-refractivity contribution in [3.63, 3.8) is 0 Å². The number of benzene rings is 1. The van der Waals surface area contributed by atoms with Crippen LogP contribution in [0.3, 0.4) is 0 Å². The van der Waals surface area contributed by atoms with E-state index in [0.717, 1.165) is 5.56 Å². The smallest absolute Gasteiger partial charge is 0.212 e. The van der Waals surface area contributed by atoms with E-state index in [4.69, 9.17) is 0 Å². The Hall–Kier alpha value is -0.960. The molecule has 1 heterocycles. The van der Waals surface area contributed by atoms with E-state index in [1.165, 1.54) is 8.61 Å². The number of hydrogen-bond acceptors (Lipinski definition) is 4. The first-order valence-corrected chi connectivity index (χ1v) is 10.4. The lowest BCUT2D eigenvalue weighted by atomic mass is 10.2. The summed E-state index contributed by atoms with van der Waals surface area (Å²) in [6.07, 6.45) is 0.504. The molecule has 0 aliphatic carbocycles. The normalized spacial score (nSPS) is 19.0. The predicted octanol–water partition coefficient (Wildman–Crippen LogP) is 1.04. The van der Waals surface area contributed by atoms with Crippen molar-refractivity contribution in [3.8, 4) is 0 Å². The highest BCUT2D eigenvalue weighted by Crippen LogP contribution is 2.19. The highest BCUT2D eigenvalue weighted by Gasteiger charge is 2.29. The van der Waals surface area contributed by atoms with Crippen LogP contribution in [0.5, 0.6) is 0 Å². The molecule has 0 amide bonds. The van der Waals surface area contributed by atoms with Gasteiger partial charge in [0, 0.05) is 26.2 Å². The molecule has 1 fully saturated rings. The maximum Gasteiger partial charge on any atom is 0.243 e. The van der Waals surface area contributed by atoms with E-state index in [-0.39, 0.29) is 23.7 Å². The SMILES string of the molecule is CCS(=O)(=O)N1CCCN(S(=O)(=O)c2ccc(C)cc2)CC1. The third-order valence-electron chi connectivity index (χ3n) is 3.83. The fourth-order valence-corrected chi connectivity index (χ4v) is 5.03. The van der Waals surface area contributed by atoms with Gasteiger partial charge in [0.2, 0.25) is 20.0 Å². The zero-order valence-electron chi connectivity index (χ0n) is 12.9. The summed E-state index contributed by atoms with van der Waals surface area (Å²) in [5, 5.41) is 0. The predicted molar refractivity (Wildman–Crippen MR) is 85.6 cm³/mol. The second-order valence-electron chi connectivity index (χ2n) is 5.37. The first kappa shape index (κ1) is 17.4. The minimum Gasteiger partial charge on any atom is -0.212 e. The maximum atomic E-state index is 12.6. The van der Waals surface area contributed by atoms with E-state index in [1.807, 2.05) is 6.92 Å². The molecule has 0 bridgehead atoms. The van der Waals surface area contributed by atoms with Crippen molar-refractivity contribution < 1.29 is 16.8 Å². The molecule has 1 aliphatic heterocycles. The minimum absolute atomic E-state index is 0.0394. The fraction of sp³-hybridized carbons (Fsp3) is 0.571. The molecule has 1 aromatic carbocycles. The molecule has 0 radical (unpaired) electrons. The molecule has 0 saturated carbocycles. The molecule has 8 heteroatoms. The second kappa shape index (κ2) is 6.66. The summed E-state index contributed by atoms with van der Waals surface area (Å²) < 4.78 is 51.9. The third kappa shape index (κ3) is 3.68. The number of rotatable bonds is 4. The molecule has 1 saturated heterocycles. The van der Waals surface area contributed by atoms with Crippen LogP contribution >= 0.6 is 0 Å². The van der Waals surface area contributed by atoms with Crippen molar-refractivity contribution in [1.29, 1.82) is 0 Å². The van der Waals surface area contributed by atoms with Gasteiger partial charge in [-0.05, 0) is 32.4 Å². The zero-order chi connectivity index (χ0) is 16.4. The van der Waals surface area contributed by atoms with E-state index in [2.05, 4.69) is 0 Å². The summed E-state index contributed by atoms with van der Waals surface area (Å²) in [7, 11) is -6.84. The van der Waals surface area contributed by atoms with E-state index >= 15 is 0 Å². The summed E-state index contributed by atoms with van der Waals surface area (Å²) in [5.41, 5.74) is 0.995. The van der Waals surface area contributed by atoms with Gasteiger partial charge in [-0.3, -0.25) is 0 Å². The van der Waals surface area contributed by atoms with Crippen LogP contribution in [0.4, 0.5) is 0 Å². The van der Waals surface area contributed by atoms with E-state index in [1.54, 1.807) is 31.2 Å². The van der Waals surface area contributed by atoms with Crippen molar-refractivity contribution in [1.82, 2.24) is 8.61 Å². The molecule has 6 nitrogen and oxygen atoms in total. The second-order valence-corrected chi connectivity index (χ2v) is 9.57. The number of sulfonamides is 2. The van der Waals surface area contributed by atoms with Gasteiger partial charge in [0.1, 0.15) is 0 Å². The summed E-state index contributed by atoms with van der Waals surface area (Å²) in [4.78, 5) is 0.255. The topological polar surface area (TPSA) is 74.8 Å². The van der Waals surface area contributed by atoms with Crippen molar-refractivity contribution in [2.75, 3.05) is 31.9 Å². The Balaban J connectivity index is 2.18. The largest absolute Gasteiger partial charge is 0.243 e. The van der Waals surface area contributed by atoms with Crippen LogP contribution in [-0.2, 0) is 20.0 Å². The van der Waals surface area contributed by atoms with Crippen LogP contribution in [0.15, 0.2) is 29.2 Å². The third-order valence-corrected chi connectivity index (χ3v) is 7.63. The van der Waals surface area contributed by atoms with Gasteiger partial charge in [-0.25, -0.2) is 21.1 Å². The molecule has 0 spiro atoms. The van der Waals surface area contributed by atoms with Gasteiger partial charge in [-0.1, -0.05) is 17.7 Å². The minimum atomic E-state index is -3.57. The summed E-state index contributed by atoms with van der Waals surface area (Å²) in [6.45, 7) is 4.61. The molecule has 124 valence electrons. The molecule has 0 unspecified atom stereocenters. The van der Waals surface area contributed by atoms with Crippen molar-refractivity contribution in [2.45, 2.75) is 25.2 Å². The van der Waals surface area contributed by atoms with Gasteiger partial charge in [0.05, 0.1) is 10.6 Å². The Morgan fingerprint density at radius 3 is 2.05 bits per heavy atom. The van der Waals surface area contributed by atoms with Gasteiger partial charge in [0.15, 0.2) is 0 Å². The summed E-state index contributed by atoms with van der Waals surface area (Å²) in [5.74, 6) is 0.0394. The Morgan fingerprint density at radius 1 is 0.909 bits per heavy atom. The number of hydrogen-bond donors (Lipinski definition) is 0. The average molecular weight is 346 g/mol. The van der Waals surface area contributed by atoms with Crippen LogP contribution in [-0.4, -0.2) is 57.4 Å². The lowest BCUT2D eigenvalue weighted by molar-refractivity contribution is 0.405. The molecule has 22 heavy (non-hydrogen) atoms. The Morgan fingerprint density at radius 2 is 1.45 bits per heavy atom. The standard InChI is InChI=1S/C14H22N2O4S2/c1-3-21(17,18)15-9-4-10-16(12-11-15)22(19,20)14-7-5-13(2)6-8-14/h5-8H,3-4,9-12H2,1-2H3. The van der Waals surface area contributed by atoms with Crippen LogP contribution in [0.1, 0.15) is 18.9 Å². The van der Waals surface area contributed by atoms with Crippen LogP contribution in [0.2, 0.25) is 0 Å². The molecule has 2 rings (SSSR count). The van der Waals surface area contributed by atoms with Crippen LogP contribution in [0.25, 0.3) is 0 Å². The Kier molecular flexibility index (Phi) is 5.26. The van der Waals surface area contributed by atoms with Crippen molar-refractivity contribution >= 4 is 20.0 Å². The molecule has 1 aromatic rings. The summed E-state index contributed by atoms with van der Waals surface area (Å²) >= 11 is 0. The van der Waals surface area contributed by atoms with Crippen molar-refractivity contribution in [2.24, 2.45) is 0 Å². The fourth-order valence-electron chi connectivity index (χ4n) is 2.43. The average Bonchev–Trinajstić information content (AvgIpc) is 2.74. The molecular formula is C14H22N2O4S2. The number of nitrogens with zero attached hydrogens (tertiary/aromatic N) is 2. The van der Waals surface area contributed by atoms with E-state index in [0.29, 0.717) is 19.5 Å². The first-order valence-electron chi connectivity index (χ1n) is 7.32. The molecule has 0 N–H and O–H groups in total. The van der Waals surface area contributed by atoms with Gasteiger partial charge in [-0.2, -0.15) is 4.31 Å². The molecule has 0 aromatic heterocycles.